The maximum atomic E-state index is 13.3. The third-order valence-corrected chi connectivity index (χ3v) is 3.97. The molecule has 126 valence electrons. The number of carbonyl (C=O) groups excluding carboxylic acids is 1. The number of alkyl halides is 2. The molecule has 8 heteroatoms. The van der Waals surface area contributed by atoms with E-state index >= 15 is 0 Å². The highest BCUT2D eigenvalue weighted by Gasteiger charge is 2.44. The van der Waals surface area contributed by atoms with Crippen LogP contribution in [0.1, 0.15) is 12.0 Å². The van der Waals surface area contributed by atoms with Crippen molar-refractivity contribution in [2.24, 2.45) is 0 Å². The minimum Gasteiger partial charge on any atom is -0.454 e. The minimum absolute atomic E-state index is 0.161. The first-order valence-corrected chi connectivity index (χ1v) is 7.35. The zero-order valence-corrected chi connectivity index (χ0v) is 12.4. The van der Waals surface area contributed by atoms with Gasteiger partial charge in [0.25, 0.3) is 5.92 Å². The molecule has 2 heterocycles. The van der Waals surface area contributed by atoms with Crippen LogP contribution >= 0.6 is 0 Å². The van der Waals surface area contributed by atoms with E-state index in [2.05, 4.69) is 5.32 Å². The number of aliphatic hydroxyl groups is 1. The van der Waals surface area contributed by atoms with Crippen LogP contribution in [-0.4, -0.2) is 54.4 Å². The van der Waals surface area contributed by atoms with Crippen molar-refractivity contribution in [3.63, 3.8) is 0 Å². The largest absolute Gasteiger partial charge is 0.454 e. The van der Waals surface area contributed by atoms with Gasteiger partial charge in [-0.15, -0.1) is 0 Å². The van der Waals surface area contributed by atoms with Crippen molar-refractivity contribution in [2.75, 3.05) is 26.5 Å². The van der Waals surface area contributed by atoms with E-state index in [0.29, 0.717) is 11.5 Å². The summed E-state index contributed by atoms with van der Waals surface area (Å²) < 4.78 is 37.2. The van der Waals surface area contributed by atoms with E-state index in [9.17, 15) is 13.6 Å². The highest BCUT2D eigenvalue weighted by Crippen LogP contribution is 2.33. The Labute approximate surface area is 132 Å². The van der Waals surface area contributed by atoms with Gasteiger partial charge < -0.3 is 19.9 Å². The summed E-state index contributed by atoms with van der Waals surface area (Å²) in [6.07, 6.45) is -0.418. The maximum absolute atomic E-state index is 13.3. The molecule has 3 rings (SSSR count). The molecule has 1 aromatic rings. The lowest BCUT2D eigenvalue weighted by molar-refractivity contribution is -0.122. The lowest BCUT2D eigenvalue weighted by Gasteiger charge is -2.21. The van der Waals surface area contributed by atoms with Crippen LogP contribution in [0.25, 0.3) is 0 Å². The number of aliphatic hydroxyl groups excluding tert-OH is 1. The number of ether oxygens (including phenoxy) is 2. The molecule has 0 spiro atoms. The summed E-state index contributed by atoms with van der Waals surface area (Å²) in [5, 5.41) is 11.8. The lowest BCUT2D eigenvalue weighted by atomic mass is 10.2. The van der Waals surface area contributed by atoms with Gasteiger partial charge in [-0.25, -0.2) is 8.78 Å². The van der Waals surface area contributed by atoms with Crippen molar-refractivity contribution in [1.82, 2.24) is 10.2 Å². The fraction of sp³-hybridized carbons (Fsp3) is 0.533. The molecule has 1 saturated heterocycles. The third kappa shape index (κ3) is 3.70. The van der Waals surface area contributed by atoms with Gasteiger partial charge in [0.1, 0.15) is 0 Å². The van der Waals surface area contributed by atoms with Gasteiger partial charge in [-0.2, -0.15) is 0 Å². The molecule has 2 aliphatic heterocycles. The molecular formula is C15H18F2N2O4. The number of halogens is 2. The van der Waals surface area contributed by atoms with Crippen LogP contribution in [0.4, 0.5) is 8.78 Å². The Balaban J connectivity index is 1.52. The normalized spacial score (nSPS) is 22.3. The second kappa shape index (κ2) is 6.29. The average Bonchev–Trinajstić information content (AvgIpc) is 3.08. The van der Waals surface area contributed by atoms with Gasteiger partial charge in [-0.3, -0.25) is 9.69 Å². The Morgan fingerprint density at radius 1 is 1.39 bits per heavy atom. The van der Waals surface area contributed by atoms with Crippen LogP contribution in [0.5, 0.6) is 11.5 Å². The van der Waals surface area contributed by atoms with Crippen LogP contribution in [0.3, 0.4) is 0 Å². The van der Waals surface area contributed by atoms with Crippen LogP contribution < -0.4 is 14.8 Å². The van der Waals surface area contributed by atoms with E-state index in [1.807, 2.05) is 0 Å². The molecular weight excluding hydrogens is 310 g/mol. The molecule has 0 bridgehead atoms. The van der Waals surface area contributed by atoms with E-state index in [4.69, 9.17) is 14.6 Å². The summed E-state index contributed by atoms with van der Waals surface area (Å²) in [7, 11) is 0. The standard InChI is InChI=1S/C15H18F2N2O4/c16-15(17)4-11(7-20)19(8-15)6-14(21)18-5-10-1-2-12-13(3-10)23-9-22-12/h1-3,11,20H,4-9H2,(H,18,21). The Morgan fingerprint density at radius 3 is 2.96 bits per heavy atom. The molecule has 1 amide bonds. The highest BCUT2D eigenvalue weighted by molar-refractivity contribution is 5.78. The van der Waals surface area contributed by atoms with Gasteiger partial charge in [0, 0.05) is 19.0 Å². The topological polar surface area (TPSA) is 71.0 Å². The summed E-state index contributed by atoms with van der Waals surface area (Å²) in [5.74, 6) is -1.94. The molecule has 23 heavy (non-hydrogen) atoms. The van der Waals surface area contributed by atoms with Gasteiger partial charge in [0.05, 0.1) is 19.7 Å². The van der Waals surface area contributed by atoms with Crippen LogP contribution in [0.15, 0.2) is 18.2 Å². The van der Waals surface area contributed by atoms with Crippen molar-refractivity contribution in [1.29, 1.82) is 0 Å². The molecule has 0 aliphatic carbocycles. The van der Waals surface area contributed by atoms with E-state index < -0.39 is 24.9 Å². The van der Waals surface area contributed by atoms with E-state index in [-0.39, 0.29) is 32.4 Å². The molecule has 0 aromatic heterocycles. The zero-order chi connectivity index (χ0) is 16.4. The molecule has 2 N–H and O–H groups in total. The van der Waals surface area contributed by atoms with Crippen LogP contribution in [-0.2, 0) is 11.3 Å². The number of likely N-dealkylation sites (tertiary alicyclic amines) is 1. The lowest BCUT2D eigenvalue weighted by Crippen LogP contribution is -2.41. The maximum Gasteiger partial charge on any atom is 0.262 e. The number of carbonyl (C=O) groups is 1. The minimum atomic E-state index is -2.86. The number of nitrogens with one attached hydrogen (secondary N) is 1. The third-order valence-electron chi connectivity index (χ3n) is 3.97. The quantitative estimate of drug-likeness (QED) is 0.834. The molecule has 2 aliphatic rings. The fourth-order valence-electron chi connectivity index (χ4n) is 2.82. The number of amides is 1. The summed E-state index contributed by atoms with van der Waals surface area (Å²) in [4.78, 5) is 13.3. The molecule has 0 saturated carbocycles. The van der Waals surface area contributed by atoms with Crippen molar-refractivity contribution in [2.45, 2.75) is 24.9 Å². The molecule has 1 unspecified atom stereocenters. The second-order valence-corrected chi connectivity index (χ2v) is 5.77. The predicted octanol–water partition coefficient (Wildman–Crippen LogP) is 0.733. The Hall–Kier alpha value is -1.93. The van der Waals surface area contributed by atoms with Gasteiger partial charge in [-0.05, 0) is 17.7 Å². The summed E-state index contributed by atoms with van der Waals surface area (Å²) >= 11 is 0. The molecule has 0 radical (unpaired) electrons. The number of benzene rings is 1. The summed E-state index contributed by atoms with van der Waals surface area (Å²) in [5.41, 5.74) is 0.827. The Bertz CT molecular complexity index is 597. The average molecular weight is 328 g/mol. The van der Waals surface area contributed by atoms with E-state index in [1.165, 1.54) is 4.90 Å². The molecule has 1 atom stereocenters. The van der Waals surface area contributed by atoms with Gasteiger partial charge in [-0.1, -0.05) is 6.07 Å². The second-order valence-electron chi connectivity index (χ2n) is 5.77. The Morgan fingerprint density at radius 2 is 2.17 bits per heavy atom. The SMILES string of the molecule is O=C(CN1CC(F)(F)CC1CO)NCc1ccc2c(c1)OCO2. The Kier molecular flexibility index (Phi) is 4.36. The first-order chi connectivity index (χ1) is 11.0. The first kappa shape index (κ1) is 15.9. The van der Waals surface area contributed by atoms with E-state index in [1.54, 1.807) is 18.2 Å². The van der Waals surface area contributed by atoms with Gasteiger partial charge in [0.2, 0.25) is 12.7 Å². The fourth-order valence-corrected chi connectivity index (χ4v) is 2.82. The smallest absolute Gasteiger partial charge is 0.262 e. The summed E-state index contributed by atoms with van der Waals surface area (Å²) in [6, 6.07) is 4.64. The first-order valence-electron chi connectivity index (χ1n) is 7.35. The van der Waals surface area contributed by atoms with E-state index in [0.717, 1.165) is 5.56 Å². The summed E-state index contributed by atoms with van der Waals surface area (Å²) in [6.45, 7) is -0.605. The predicted molar refractivity (Wildman–Crippen MR) is 76.4 cm³/mol. The van der Waals surface area contributed by atoms with Crippen molar-refractivity contribution in [3.05, 3.63) is 23.8 Å². The molecule has 1 aromatic carbocycles. The van der Waals surface area contributed by atoms with Crippen molar-refractivity contribution < 1.29 is 28.2 Å². The van der Waals surface area contributed by atoms with Gasteiger partial charge in [0.15, 0.2) is 11.5 Å². The van der Waals surface area contributed by atoms with Gasteiger partial charge >= 0.3 is 0 Å². The monoisotopic (exact) mass is 328 g/mol. The van der Waals surface area contributed by atoms with Crippen molar-refractivity contribution >= 4 is 5.91 Å². The number of hydrogen-bond acceptors (Lipinski definition) is 5. The number of hydrogen-bond donors (Lipinski definition) is 2. The van der Waals surface area contributed by atoms with Crippen molar-refractivity contribution in [3.8, 4) is 11.5 Å². The van der Waals surface area contributed by atoms with Crippen LogP contribution in [0, 0.1) is 0 Å². The number of rotatable bonds is 5. The molecule has 1 fully saturated rings. The zero-order valence-electron chi connectivity index (χ0n) is 12.4. The molecule has 6 nitrogen and oxygen atoms in total. The number of nitrogens with zero attached hydrogens (tertiary/aromatic N) is 1. The highest BCUT2D eigenvalue weighted by atomic mass is 19.3. The number of fused-ring (bicyclic) bond motifs is 1. The van der Waals surface area contributed by atoms with Crippen LogP contribution in [0.2, 0.25) is 0 Å².